The molecule has 2 amide bonds. The maximum Gasteiger partial charge on any atom is 0.341 e. The molecular weight excluding hydrogens is 260 g/mol. The molecule has 1 rings (SSSR count). The molecule has 0 radical (unpaired) electrons. The Balaban J connectivity index is 2.48. The van der Waals surface area contributed by atoms with E-state index in [4.69, 9.17) is 5.11 Å². The van der Waals surface area contributed by atoms with Crippen molar-refractivity contribution < 1.29 is 14.7 Å². The van der Waals surface area contributed by atoms with Crippen LogP contribution in [-0.4, -0.2) is 33.4 Å². The standard InChI is InChI=1S/C13H22N4O3/c1-3-5-6-7-8-14-13(20)15-11-10(12(18)19)9-17(4-2)16-11/h9H,3-8H2,1-2H3,(H,18,19)(H2,14,15,16,20). The minimum atomic E-state index is -1.11. The number of aromatic carboxylic acids is 1. The fourth-order valence-corrected chi connectivity index (χ4v) is 1.74. The first-order chi connectivity index (χ1) is 9.58. The van der Waals surface area contributed by atoms with Gasteiger partial charge in [0.15, 0.2) is 5.82 Å². The fourth-order valence-electron chi connectivity index (χ4n) is 1.74. The van der Waals surface area contributed by atoms with Gasteiger partial charge in [-0.1, -0.05) is 26.2 Å². The van der Waals surface area contributed by atoms with E-state index in [0.29, 0.717) is 13.1 Å². The summed E-state index contributed by atoms with van der Waals surface area (Å²) in [6, 6.07) is -0.426. The van der Waals surface area contributed by atoms with Gasteiger partial charge in [0.2, 0.25) is 0 Å². The lowest BCUT2D eigenvalue weighted by atomic mass is 10.2. The first kappa shape index (κ1) is 16.0. The number of anilines is 1. The van der Waals surface area contributed by atoms with Gasteiger partial charge < -0.3 is 10.4 Å². The van der Waals surface area contributed by atoms with Crippen LogP contribution in [0.4, 0.5) is 10.6 Å². The van der Waals surface area contributed by atoms with E-state index < -0.39 is 12.0 Å². The minimum absolute atomic E-state index is 0.00650. The highest BCUT2D eigenvalue weighted by Gasteiger charge is 2.16. The molecule has 7 heteroatoms. The summed E-state index contributed by atoms with van der Waals surface area (Å²) in [6.45, 7) is 5.08. The van der Waals surface area contributed by atoms with E-state index in [9.17, 15) is 9.59 Å². The van der Waals surface area contributed by atoms with Crippen molar-refractivity contribution in [3.8, 4) is 0 Å². The van der Waals surface area contributed by atoms with Crippen LogP contribution in [0.2, 0.25) is 0 Å². The Morgan fingerprint density at radius 2 is 2.05 bits per heavy atom. The zero-order valence-corrected chi connectivity index (χ0v) is 12.0. The summed E-state index contributed by atoms with van der Waals surface area (Å²) in [5, 5.41) is 18.2. The highest BCUT2D eigenvalue weighted by Crippen LogP contribution is 2.12. The SMILES string of the molecule is CCCCCCNC(=O)Nc1nn(CC)cc1C(=O)O. The predicted octanol–water partition coefficient (Wildman–Crippen LogP) is 2.30. The number of carboxylic acids is 1. The Bertz CT molecular complexity index is 456. The number of carboxylic acid groups (broad SMARTS) is 1. The molecule has 1 heterocycles. The van der Waals surface area contributed by atoms with Gasteiger partial charge >= 0.3 is 12.0 Å². The molecule has 0 aliphatic carbocycles. The lowest BCUT2D eigenvalue weighted by Crippen LogP contribution is -2.30. The van der Waals surface area contributed by atoms with E-state index in [-0.39, 0.29) is 11.4 Å². The van der Waals surface area contributed by atoms with Crippen molar-refractivity contribution in [3.05, 3.63) is 11.8 Å². The molecule has 0 aliphatic rings. The van der Waals surface area contributed by atoms with Crippen molar-refractivity contribution in [1.82, 2.24) is 15.1 Å². The second kappa shape index (κ2) is 8.19. The molecule has 1 aromatic rings. The van der Waals surface area contributed by atoms with Gasteiger partial charge in [0.1, 0.15) is 5.56 Å². The summed E-state index contributed by atoms with van der Waals surface area (Å²) >= 11 is 0. The number of hydrogen-bond donors (Lipinski definition) is 3. The van der Waals surface area contributed by atoms with E-state index in [2.05, 4.69) is 22.7 Å². The second-order valence-corrected chi connectivity index (χ2v) is 4.49. The van der Waals surface area contributed by atoms with Gasteiger partial charge in [0.25, 0.3) is 0 Å². The molecule has 0 saturated heterocycles. The molecule has 0 aromatic carbocycles. The summed E-state index contributed by atoms with van der Waals surface area (Å²) in [7, 11) is 0. The fraction of sp³-hybridized carbons (Fsp3) is 0.615. The third-order valence-corrected chi connectivity index (χ3v) is 2.86. The minimum Gasteiger partial charge on any atom is -0.477 e. The largest absolute Gasteiger partial charge is 0.477 e. The third-order valence-electron chi connectivity index (χ3n) is 2.86. The molecule has 0 unspecified atom stereocenters. The van der Waals surface area contributed by atoms with Gasteiger partial charge in [-0.3, -0.25) is 10.00 Å². The quantitative estimate of drug-likeness (QED) is 0.637. The average molecular weight is 282 g/mol. The van der Waals surface area contributed by atoms with Gasteiger partial charge in [0, 0.05) is 19.3 Å². The van der Waals surface area contributed by atoms with Gasteiger partial charge in [-0.25, -0.2) is 9.59 Å². The lowest BCUT2D eigenvalue weighted by molar-refractivity contribution is 0.0698. The molecule has 0 spiro atoms. The molecule has 7 nitrogen and oxygen atoms in total. The Labute approximate surface area is 118 Å². The molecule has 0 saturated carbocycles. The van der Waals surface area contributed by atoms with Gasteiger partial charge in [0.05, 0.1) is 0 Å². The smallest absolute Gasteiger partial charge is 0.341 e. The molecule has 0 fully saturated rings. The van der Waals surface area contributed by atoms with E-state index in [1.165, 1.54) is 10.9 Å². The number of nitrogens with one attached hydrogen (secondary N) is 2. The number of carbonyl (C=O) groups is 2. The highest BCUT2D eigenvalue weighted by molar-refractivity contribution is 5.98. The number of amides is 2. The Hall–Kier alpha value is -2.05. The maximum atomic E-state index is 11.7. The van der Waals surface area contributed by atoms with Crippen molar-refractivity contribution in [3.63, 3.8) is 0 Å². The molecule has 1 aromatic heterocycles. The van der Waals surface area contributed by atoms with Crippen molar-refractivity contribution in [2.45, 2.75) is 46.1 Å². The van der Waals surface area contributed by atoms with E-state index in [0.717, 1.165) is 25.7 Å². The summed E-state index contributed by atoms with van der Waals surface area (Å²) < 4.78 is 1.47. The maximum absolute atomic E-state index is 11.7. The predicted molar refractivity (Wildman–Crippen MR) is 76.0 cm³/mol. The Morgan fingerprint density at radius 3 is 2.65 bits per heavy atom. The first-order valence-corrected chi connectivity index (χ1v) is 6.94. The number of rotatable bonds is 8. The van der Waals surface area contributed by atoms with Crippen LogP contribution in [0.5, 0.6) is 0 Å². The van der Waals surface area contributed by atoms with E-state index in [1.54, 1.807) is 0 Å². The van der Waals surface area contributed by atoms with Crippen LogP contribution in [0.1, 0.15) is 49.9 Å². The van der Waals surface area contributed by atoms with Gasteiger partial charge in [-0.15, -0.1) is 0 Å². The Morgan fingerprint density at radius 1 is 1.30 bits per heavy atom. The molecule has 0 aliphatic heterocycles. The van der Waals surface area contributed by atoms with Crippen LogP contribution in [0.25, 0.3) is 0 Å². The molecule has 3 N–H and O–H groups in total. The Kier molecular flexibility index (Phi) is 6.55. The van der Waals surface area contributed by atoms with Crippen molar-refractivity contribution in [2.75, 3.05) is 11.9 Å². The summed E-state index contributed by atoms with van der Waals surface area (Å²) in [4.78, 5) is 22.7. The number of urea groups is 1. The van der Waals surface area contributed by atoms with Crippen molar-refractivity contribution in [2.24, 2.45) is 0 Å². The molecular formula is C13H22N4O3. The number of unbranched alkanes of at least 4 members (excludes halogenated alkanes) is 3. The van der Waals surface area contributed by atoms with Crippen LogP contribution in [0.15, 0.2) is 6.20 Å². The topological polar surface area (TPSA) is 96.3 Å². The first-order valence-electron chi connectivity index (χ1n) is 6.94. The molecule has 0 bridgehead atoms. The molecule has 0 atom stereocenters. The number of hydrogen-bond acceptors (Lipinski definition) is 3. The molecule has 20 heavy (non-hydrogen) atoms. The van der Waals surface area contributed by atoms with Crippen LogP contribution in [-0.2, 0) is 6.54 Å². The van der Waals surface area contributed by atoms with Crippen LogP contribution >= 0.6 is 0 Å². The van der Waals surface area contributed by atoms with E-state index >= 15 is 0 Å². The lowest BCUT2D eigenvalue weighted by Gasteiger charge is -2.06. The summed E-state index contributed by atoms with van der Waals surface area (Å²) in [5.74, 6) is -1.03. The third kappa shape index (κ3) is 4.91. The highest BCUT2D eigenvalue weighted by atomic mass is 16.4. The van der Waals surface area contributed by atoms with Crippen LogP contribution < -0.4 is 10.6 Å². The number of aromatic nitrogens is 2. The van der Waals surface area contributed by atoms with E-state index in [1.807, 2.05) is 6.92 Å². The van der Waals surface area contributed by atoms with Gasteiger partial charge in [-0.2, -0.15) is 5.10 Å². The summed E-state index contributed by atoms with van der Waals surface area (Å²) in [6.07, 6.45) is 5.67. The van der Waals surface area contributed by atoms with Crippen molar-refractivity contribution >= 4 is 17.8 Å². The molecule has 112 valence electrons. The number of carbonyl (C=O) groups excluding carboxylic acids is 1. The zero-order chi connectivity index (χ0) is 15.0. The van der Waals surface area contributed by atoms with Crippen LogP contribution in [0, 0.1) is 0 Å². The number of aryl methyl sites for hydroxylation is 1. The zero-order valence-electron chi connectivity index (χ0n) is 12.0. The monoisotopic (exact) mass is 282 g/mol. The van der Waals surface area contributed by atoms with Crippen LogP contribution in [0.3, 0.4) is 0 Å². The average Bonchev–Trinajstić information content (AvgIpc) is 2.81. The summed E-state index contributed by atoms with van der Waals surface area (Å²) in [5.41, 5.74) is -0.00650. The second-order valence-electron chi connectivity index (χ2n) is 4.49. The van der Waals surface area contributed by atoms with Crippen molar-refractivity contribution in [1.29, 1.82) is 0 Å². The normalized spacial score (nSPS) is 10.3. The van der Waals surface area contributed by atoms with Gasteiger partial charge in [-0.05, 0) is 13.3 Å². The number of nitrogens with zero attached hydrogens (tertiary/aromatic N) is 2.